The van der Waals surface area contributed by atoms with Crippen LogP contribution in [0.25, 0.3) is 0 Å². The minimum Gasteiger partial charge on any atom is -0.398 e. The Morgan fingerprint density at radius 1 is 1.56 bits per heavy atom. The number of aryl methyl sites for hydroxylation is 1. The molecule has 6 nitrogen and oxygen atoms in total. The molecular formula is C8H10N4O2S2. The smallest absolute Gasteiger partial charge is 0.272 e. The Bertz CT molecular complexity index is 599. The quantitative estimate of drug-likeness (QED) is 0.854. The summed E-state index contributed by atoms with van der Waals surface area (Å²) in [5.74, 6) is 0.287. The van der Waals surface area contributed by atoms with E-state index < -0.39 is 10.0 Å². The molecule has 8 heteroatoms. The van der Waals surface area contributed by atoms with Crippen molar-refractivity contribution in [2.24, 2.45) is 7.05 Å². The summed E-state index contributed by atoms with van der Waals surface area (Å²) in [6.07, 6.45) is 1.65. The van der Waals surface area contributed by atoms with Gasteiger partial charge in [-0.05, 0) is 6.07 Å². The molecule has 16 heavy (non-hydrogen) atoms. The van der Waals surface area contributed by atoms with Crippen LogP contribution in [0.5, 0.6) is 0 Å². The van der Waals surface area contributed by atoms with Crippen molar-refractivity contribution in [3.05, 3.63) is 23.7 Å². The van der Waals surface area contributed by atoms with Gasteiger partial charge in [-0.1, -0.05) is 0 Å². The Kier molecular flexibility index (Phi) is 2.60. The van der Waals surface area contributed by atoms with Crippen LogP contribution in [0, 0.1) is 0 Å². The summed E-state index contributed by atoms with van der Waals surface area (Å²) >= 11 is 1.07. The molecule has 0 fully saturated rings. The van der Waals surface area contributed by atoms with Crippen LogP contribution < -0.4 is 10.5 Å². The van der Waals surface area contributed by atoms with Crippen LogP contribution in [-0.2, 0) is 17.1 Å². The van der Waals surface area contributed by atoms with Gasteiger partial charge in [-0.3, -0.25) is 9.40 Å². The molecule has 0 bridgehead atoms. The lowest BCUT2D eigenvalue weighted by Crippen LogP contribution is -2.12. The molecule has 0 aliphatic carbocycles. The minimum atomic E-state index is -3.57. The highest BCUT2D eigenvalue weighted by atomic mass is 32.2. The first-order valence-electron chi connectivity index (χ1n) is 4.34. The Balaban J connectivity index is 2.27. The van der Waals surface area contributed by atoms with Crippen molar-refractivity contribution in [3.8, 4) is 0 Å². The second-order valence-electron chi connectivity index (χ2n) is 3.18. The molecule has 0 spiro atoms. The highest BCUT2D eigenvalue weighted by Crippen LogP contribution is 2.23. The van der Waals surface area contributed by atoms with Crippen LogP contribution in [0.2, 0.25) is 0 Å². The van der Waals surface area contributed by atoms with E-state index in [0.29, 0.717) is 5.69 Å². The second-order valence-corrected chi connectivity index (χ2v) is 6.00. The fourth-order valence-corrected chi connectivity index (χ4v) is 3.21. The average Bonchev–Trinajstić information content (AvgIpc) is 2.75. The normalized spacial score (nSPS) is 11.6. The third kappa shape index (κ3) is 2.17. The molecular weight excluding hydrogens is 248 g/mol. The summed E-state index contributed by atoms with van der Waals surface area (Å²) in [4.78, 5) is 0. The van der Waals surface area contributed by atoms with E-state index in [-0.39, 0.29) is 10.0 Å². The molecule has 2 aromatic rings. The van der Waals surface area contributed by atoms with Crippen molar-refractivity contribution in [2.45, 2.75) is 4.21 Å². The van der Waals surface area contributed by atoms with Gasteiger partial charge >= 0.3 is 0 Å². The van der Waals surface area contributed by atoms with Gasteiger partial charge in [-0.2, -0.15) is 5.10 Å². The van der Waals surface area contributed by atoms with Crippen molar-refractivity contribution >= 4 is 32.9 Å². The fourth-order valence-electron chi connectivity index (χ4n) is 1.13. The van der Waals surface area contributed by atoms with E-state index in [1.54, 1.807) is 24.7 Å². The number of hydrogen-bond donors (Lipinski definition) is 2. The molecule has 0 radical (unpaired) electrons. The van der Waals surface area contributed by atoms with Gasteiger partial charge in [-0.15, -0.1) is 11.3 Å². The van der Waals surface area contributed by atoms with Crippen LogP contribution in [0.1, 0.15) is 0 Å². The molecule has 2 heterocycles. The van der Waals surface area contributed by atoms with E-state index >= 15 is 0 Å². The molecule has 2 aromatic heterocycles. The number of nitrogens with two attached hydrogens (primary N) is 1. The number of anilines is 2. The molecule has 0 saturated heterocycles. The summed E-state index contributed by atoms with van der Waals surface area (Å²) in [6.45, 7) is 0. The zero-order valence-corrected chi connectivity index (χ0v) is 10.0. The average molecular weight is 258 g/mol. The van der Waals surface area contributed by atoms with Crippen LogP contribution in [0.15, 0.2) is 27.9 Å². The lowest BCUT2D eigenvalue weighted by Gasteiger charge is -2.01. The van der Waals surface area contributed by atoms with Gasteiger partial charge in [0.1, 0.15) is 4.21 Å². The third-order valence-corrected chi connectivity index (χ3v) is 4.63. The number of nitrogen functional groups attached to an aromatic ring is 1. The van der Waals surface area contributed by atoms with Gasteiger partial charge in [0.05, 0.1) is 0 Å². The van der Waals surface area contributed by atoms with Crippen molar-refractivity contribution in [1.29, 1.82) is 0 Å². The van der Waals surface area contributed by atoms with Crippen LogP contribution >= 0.6 is 11.3 Å². The summed E-state index contributed by atoms with van der Waals surface area (Å²) in [5, 5.41) is 5.50. The lowest BCUT2D eigenvalue weighted by molar-refractivity contribution is 0.603. The zero-order chi connectivity index (χ0) is 11.8. The third-order valence-electron chi connectivity index (χ3n) is 1.81. The maximum atomic E-state index is 11.8. The number of aromatic nitrogens is 2. The predicted octanol–water partition coefficient (Wildman–Crippen LogP) is 0.865. The standard InChI is InChI=1S/C8H10N4O2S2/c1-12-3-2-7(10-12)11-16(13,14)8-4-6(9)5-15-8/h2-5H,9H2,1H3,(H,10,11). The number of hydrogen-bond acceptors (Lipinski definition) is 5. The number of rotatable bonds is 3. The summed E-state index contributed by atoms with van der Waals surface area (Å²) < 4.78 is 27.7. The van der Waals surface area contributed by atoms with E-state index in [2.05, 4.69) is 9.82 Å². The first kappa shape index (κ1) is 11.0. The number of thiophene rings is 1. The summed E-state index contributed by atoms with van der Waals surface area (Å²) in [6, 6.07) is 2.99. The number of nitrogens with one attached hydrogen (secondary N) is 1. The van der Waals surface area contributed by atoms with Crippen LogP contribution in [-0.4, -0.2) is 18.2 Å². The summed E-state index contributed by atoms with van der Waals surface area (Å²) in [7, 11) is -1.86. The molecule has 0 aromatic carbocycles. The Labute approximate surface area is 96.8 Å². The van der Waals surface area contributed by atoms with Gasteiger partial charge in [0.25, 0.3) is 10.0 Å². The molecule has 86 valence electrons. The van der Waals surface area contributed by atoms with Gasteiger partial charge in [0.15, 0.2) is 5.82 Å². The van der Waals surface area contributed by atoms with E-state index in [9.17, 15) is 8.42 Å². The fraction of sp³-hybridized carbons (Fsp3) is 0.125. The molecule has 3 N–H and O–H groups in total. The number of sulfonamides is 1. The van der Waals surface area contributed by atoms with E-state index in [4.69, 9.17) is 5.73 Å². The second kappa shape index (κ2) is 3.80. The van der Waals surface area contributed by atoms with Crippen LogP contribution in [0.4, 0.5) is 11.5 Å². The van der Waals surface area contributed by atoms with E-state index in [0.717, 1.165) is 11.3 Å². The highest BCUT2D eigenvalue weighted by Gasteiger charge is 2.17. The monoisotopic (exact) mass is 258 g/mol. The molecule has 0 unspecified atom stereocenters. The highest BCUT2D eigenvalue weighted by molar-refractivity contribution is 7.94. The Hall–Kier alpha value is -1.54. The Morgan fingerprint density at radius 2 is 2.31 bits per heavy atom. The predicted molar refractivity (Wildman–Crippen MR) is 62.7 cm³/mol. The first-order chi connectivity index (χ1) is 7.47. The largest absolute Gasteiger partial charge is 0.398 e. The molecule has 0 amide bonds. The maximum absolute atomic E-state index is 11.8. The zero-order valence-electron chi connectivity index (χ0n) is 8.41. The summed E-state index contributed by atoms with van der Waals surface area (Å²) in [5.41, 5.74) is 5.91. The molecule has 0 aliphatic heterocycles. The van der Waals surface area contributed by atoms with E-state index in [1.807, 2.05) is 0 Å². The van der Waals surface area contributed by atoms with Crippen LogP contribution in [0.3, 0.4) is 0 Å². The van der Waals surface area contributed by atoms with Crippen molar-refractivity contribution in [3.63, 3.8) is 0 Å². The molecule has 2 rings (SSSR count). The van der Waals surface area contributed by atoms with Gasteiger partial charge in [-0.25, -0.2) is 8.42 Å². The lowest BCUT2D eigenvalue weighted by atomic mass is 10.6. The topological polar surface area (TPSA) is 90.0 Å². The molecule has 0 aliphatic rings. The number of nitrogens with zero attached hydrogens (tertiary/aromatic N) is 2. The molecule has 0 atom stereocenters. The van der Waals surface area contributed by atoms with Gasteiger partial charge < -0.3 is 5.73 Å². The maximum Gasteiger partial charge on any atom is 0.272 e. The first-order valence-corrected chi connectivity index (χ1v) is 6.70. The van der Waals surface area contributed by atoms with Crippen molar-refractivity contribution < 1.29 is 8.42 Å². The van der Waals surface area contributed by atoms with Crippen molar-refractivity contribution in [1.82, 2.24) is 9.78 Å². The van der Waals surface area contributed by atoms with Gasteiger partial charge in [0, 0.05) is 30.4 Å². The van der Waals surface area contributed by atoms with E-state index in [1.165, 1.54) is 10.7 Å². The molecule has 0 saturated carbocycles. The Morgan fingerprint density at radius 3 is 2.81 bits per heavy atom. The van der Waals surface area contributed by atoms with Gasteiger partial charge in [0.2, 0.25) is 0 Å². The SMILES string of the molecule is Cn1ccc(NS(=O)(=O)c2cc(N)cs2)n1. The van der Waals surface area contributed by atoms with Crippen molar-refractivity contribution in [2.75, 3.05) is 10.5 Å². The minimum absolute atomic E-state index is 0.177.